The van der Waals surface area contributed by atoms with E-state index in [0.29, 0.717) is 17.7 Å². The molecule has 0 bridgehead atoms. The van der Waals surface area contributed by atoms with E-state index >= 15 is 0 Å². The number of halogens is 1. The topological polar surface area (TPSA) is 26.3 Å². The monoisotopic (exact) mass is 344 g/mol. The SMILES string of the molecule is COc1cc(Br)ccc1C(=O)Cc1ccc2c(c1)CCC2. The number of carbonyl (C=O) groups excluding carboxylic acids is 1. The first-order valence-electron chi connectivity index (χ1n) is 7.15. The molecule has 1 aliphatic rings. The van der Waals surface area contributed by atoms with Crippen LogP contribution in [-0.2, 0) is 19.3 Å². The fourth-order valence-electron chi connectivity index (χ4n) is 2.91. The summed E-state index contributed by atoms with van der Waals surface area (Å²) in [7, 11) is 1.59. The number of fused-ring (bicyclic) bond motifs is 1. The Hall–Kier alpha value is -1.61. The number of rotatable bonds is 4. The summed E-state index contributed by atoms with van der Waals surface area (Å²) in [5.41, 5.74) is 4.57. The number of benzene rings is 2. The van der Waals surface area contributed by atoms with Gasteiger partial charge in [0.1, 0.15) is 5.75 Å². The Morgan fingerprint density at radius 2 is 1.95 bits per heavy atom. The molecule has 0 atom stereocenters. The van der Waals surface area contributed by atoms with Gasteiger partial charge >= 0.3 is 0 Å². The minimum atomic E-state index is 0.0947. The van der Waals surface area contributed by atoms with Gasteiger partial charge in [-0.15, -0.1) is 0 Å². The Bertz CT molecular complexity index is 692. The molecule has 0 amide bonds. The molecule has 0 saturated heterocycles. The van der Waals surface area contributed by atoms with Crippen molar-refractivity contribution < 1.29 is 9.53 Å². The van der Waals surface area contributed by atoms with E-state index in [1.807, 2.05) is 18.2 Å². The van der Waals surface area contributed by atoms with Crippen LogP contribution in [-0.4, -0.2) is 12.9 Å². The highest BCUT2D eigenvalue weighted by atomic mass is 79.9. The van der Waals surface area contributed by atoms with Gasteiger partial charge in [0.15, 0.2) is 5.78 Å². The third kappa shape index (κ3) is 3.03. The number of hydrogen-bond donors (Lipinski definition) is 0. The van der Waals surface area contributed by atoms with E-state index in [9.17, 15) is 4.79 Å². The lowest BCUT2D eigenvalue weighted by Gasteiger charge is -2.09. The predicted molar refractivity (Wildman–Crippen MR) is 87.2 cm³/mol. The number of ether oxygens (including phenoxy) is 1. The molecule has 0 saturated carbocycles. The number of Topliss-reactive ketones (excluding diaryl/α,β-unsaturated/α-hetero) is 1. The van der Waals surface area contributed by atoms with Gasteiger partial charge in [-0.3, -0.25) is 4.79 Å². The van der Waals surface area contributed by atoms with Crippen molar-refractivity contribution in [3.05, 3.63) is 63.1 Å². The van der Waals surface area contributed by atoms with Crippen molar-refractivity contribution in [1.29, 1.82) is 0 Å². The van der Waals surface area contributed by atoms with E-state index in [1.165, 1.54) is 24.0 Å². The number of aryl methyl sites for hydroxylation is 2. The molecule has 0 aliphatic heterocycles. The molecule has 1 aliphatic carbocycles. The Kier molecular flexibility index (Phi) is 4.11. The van der Waals surface area contributed by atoms with Crippen LogP contribution in [0.3, 0.4) is 0 Å². The van der Waals surface area contributed by atoms with Gasteiger partial charge in [-0.25, -0.2) is 0 Å². The fraction of sp³-hybridized carbons (Fsp3) is 0.278. The van der Waals surface area contributed by atoms with Gasteiger partial charge in [0.25, 0.3) is 0 Å². The Labute approximate surface area is 133 Å². The first-order valence-corrected chi connectivity index (χ1v) is 7.94. The van der Waals surface area contributed by atoms with Gasteiger partial charge < -0.3 is 4.74 Å². The highest BCUT2D eigenvalue weighted by Gasteiger charge is 2.15. The highest BCUT2D eigenvalue weighted by Crippen LogP contribution is 2.26. The zero-order valence-corrected chi connectivity index (χ0v) is 13.6. The van der Waals surface area contributed by atoms with Crippen molar-refractivity contribution in [2.45, 2.75) is 25.7 Å². The van der Waals surface area contributed by atoms with E-state index in [2.05, 4.69) is 34.1 Å². The number of methoxy groups -OCH3 is 1. The van der Waals surface area contributed by atoms with E-state index in [1.54, 1.807) is 7.11 Å². The summed E-state index contributed by atoms with van der Waals surface area (Å²) in [6.07, 6.45) is 3.96. The van der Waals surface area contributed by atoms with E-state index in [0.717, 1.165) is 16.5 Å². The molecule has 0 spiro atoms. The fourth-order valence-corrected chi connectivity index (χ4v) is 3.25. The maximum absolute atomic E-state index is 12.5. The second-order valence-electron chi connectivity index (χ2n) is 5.40. The summed E-state index contributed by atoms with van der Waals surface area (Å²) in [6, 6.07) is 12.0. The molecule has 0 radical (unpaired) electrons. The van der Waals surface area contributed by atoms with Crippen molar-refractivity contribution in [2.75, 3.05) is 7.11 Å². The van der Waals surface area contributed by atoms with E-state index < -0.39 is 0 Å². The van der Waals surface area contributed by atoms with Gasteiger partial charge in [0, 0.05) is 10.9 Å². The second-order valence-corrected chi connectivity index (χ2v) is 6.32. The minimum Gasteiger partial charge on any atom is -0.496 e. The van der Waals surface area contributed by atoms with Gasteiger partial charge in [-0.2, -0.15) is 0 Å². The summed E-state index contributed by atoms with van der Waals surface area (Å²) in [6.45, 7) is 0. The van der Waals surface area contributed by atoms with Crippen molar-refractivity contribution in [1.82, 2.24) is 0 Å². The maximum atomic E-state index is 12.5. The van der Waals surface area contributed by atoms with Crippen LogP contribution in [0.1, 0.15) is 33.5 Å². The van der Waals surface area contributed by atoms with Crippen LogP contribution in [0.2, 0.25) is 0 Å². The molecule has 3 rings (SSSR count). The van der Waals surface area contributed by atoms with Crippen molar-refractivity contribution in [3.63, 3.8) is 0 Å². The van der Waals surface area contributed by atoms with Crippen LogP contribution < -0.4 is 4.74 Å². The van der Waals surface area contributed by atoms with E-state index in [4.69, 9.17) is 4.74 Å². The lowest BCUT2D eigenvalue weighted by molar-refractivity contribution is 0.0990. The minimum absolute atomic E-state index is 0.0947. The quantitative estimate of drug-likeness (QED) is 0.769. The van der Waals surface area contributed by atoms with Gasteiger partial charge in [-0.1, -0.05) is 34.1 Å². The molecule has 0 unspecified atom stereocenters. The predicted octanol–water partition coefficient (Wildman–Crippen LogP) is 4.37. The Morgan fingerprint density at radius 3 is 2.76 bits per heavy atom. The molecule has 0 N–H and O–H groups in total. The lowest BCUT2D eigenvalue weighted by Crippen LogP contribution is -2.06. The largest absolute Gasteiger partial charge is 0.496 e. The molecule has 21 heavy (non-hydrogen) atoms. The average molecular weight is 345 g/mol. The molecule has 2 aromatic rings. The van der Waals surface area contributed by atoms with Crippen molar-refractivity contribution >= 4 is 21.7 Å². The van der Waals surface area contributed by atoms with Crippen molar-refractivity contribution in [2.24, 2.45) is 0 Å². The number of carbonyl (C=O) groups is 1. The summed E-state index contributed by atoms with van der Waals surface area (Å²) in [4.78, 5) is 12.5. The maximum Gasteiger partial charge on any atom is 0.170 e. The van der Waals surface area contributed by atoms with E-state index in [-0.39, 0.29) is 5.78 Å². The van der Waals surface area contributed by atoms with Crippen LogP contribution in [0.5, 0.6) is 5.75 Å². The molecular formula is C18H17BrO2. The lowest BCUT2D eigenvalue weighted by atomic mass is 9.99. The molecule has 2 nitrogen and oxygen atoms in total. The first kappa shape index (κ1) is 14.3. The van der Waals surface area contributed by atoms with Crippen LogP contribution in [0.15, 0.2) is 40.9 Å². The standard InChI is InChI=1S/C18H17BrO2/c1-21-18-11-15(19)7-8-16(18)17(20)10-12-5-6-13-3-2-4-14(13)9-12/h5-9,11H,2-4,10H2,1H3. The molecule has 2 aromatic carbocycles. The summed E-state index contributed by atoms with van der Waals surface area (Å²) < 4.78 is 6.22. The van der Waals surface area contributed by atoms with Gasteiger partial charge in [0.05, 0.1) is 12.7 Å². The Balaban J connectivity index is 1.83. The smallest absolute Gasteiger partial charge is 0.170 e. The van der Waals surface area contributed by atoms with Crippen molar-refractivity contribution in [3.8, 4) is 5.75 Å². The Morgan fingerprint density at radius 1 is 1.14 bits per heavy atom. The van der Waals surface area contributed by atoms with Crippen LogP contribution in [0.25, 0.3) is 0 Å². The molecule has 0 heterocycles. The van der Waals surface area contributed by atoms with Gasteiger partial charge in [0.2, 0.25) is 0 Å². The normalized spacial score (nSPS) is 13.0. The molecule has 108 valence electrons. The first-order chi connectivity index (χ1) is 10.2. The zero-order chi connectivity index (χ0) is 14.8. The van der Waals surface area contributed by atoms with Gasteiger partial charge in [-0.05, 0) is 54.2 Å². The summed E-state index contributed by atoms with van der Waals surface area (Å²) in [5, 5.41) is 0. The third-order valence-electron chi connectivity index (χ3n) is 3.99. The second kappa shape index (κ2) is 6.02. The average Bonchev–Trinajstić information content (AvgIpc) is 2.94. The summed E-state index contributed by atoms with van der Waals surface area (Å²) in [5.74, 6) is 0.716. The number of ketones is 1. The third-order valence-corrected chi connectivity index (χ3v) is 4.48. The number of hydrogen-bond acceptors (Lipinski definition) is 2. The summed E-state index contributed by atoms with van der Waals surface area (Å²) >= 11 is 3.40. The molecule has 0 aromatic heterocycles. The molecular weight excluding hydrogens is 328 g/mol. The molecule has 3 heteroatoms. The van der Waals surface area contributed by atoms with Crippen LogP contribution in [0, 0.1) is 0 Å². The van der Waals surface area contributed by atoms with Crippen LogP contribution >= 0.6 is 15.9 Å². The molecule has 0 fully saturated rings. The highest BCUT2D eigenvalue weighted by molar-refractivity contribution is 9.10. The zero-order valence-electron chi connectivity index (χ0n) is 12.0. The van der Waals surface area contributed by atoms with Crippen LogP contribution in [0.4, 0.5) is 0 Å².